The van der Waals surface area contributed by atoms with Gasteiger partial charge in [-0.25, -0.2) is 18.4 Å². The van der Waals surface area contributed by atoms with Crippen LogP contribution in [0.25, 0.3) is 0 Å². The predicted molar refractivity (Wildman–Crippen MR) is 85.6 cm³/mol. The number of ether oxygens (including phenoxy) is 1. The summed E-state index contributed by atoms with van der Waals surface area (Å²) in [5, 5.41) is -0.160. The van der Waals surface area contributed by atoms with Crippen LogP contribution >= 0.6 is 0 Å². The van der Waals surface area contributed by atoms with Crippen LogP contribution < -0.4 is 4.90 Å². The van der Waals surface area contributed by atoms with Crippen LogP contribution in [0.5, 0.6) is 0 Å². The lowest BCUT2D eigenvalue weighted by Gasteiger charge is -2.31. The zero-order valence-corrected chi connectivity index (χ0v) is 13.9. The summed E-state index contributed by atoms with van der Waals surface area (Å²) in [7, 11) is -3.15. The third-order valence-corrected chi connectivity index (χ3v) is 7.33. The van der Waals surface area contributed by atoms with Gasteiger partial charge in [-0.2, -0.15) is 4.31 Å². The number of hydrogen-bond donors (Lipinski definition) is 0. The van der Waals surface area contributed by atoms with Crippen molar-refractivity contribution in [3.05, 3.63) is 18.5 Å². The maximum atomic E-state index is 12.6. The summed E-state index contributed by atoms with van der Waals surface area (Å²) < 4.78 is 32.7. The van der Waals surface area contributed by atoms with Crippen LogP contribution in [0.1, 0.15) is 19.3 Å². The van der Waals surface area contributed by atoms with Crippen molar-refractivity contribution >= 4 is 16.0 Å². The molecule has 0 bridgehead atoms. The van der Waals surface area contributed by atoms with Crippen molar-refractivity contribution in [1.29, 1.82) is 0 Å². The Morgan fingerprint density at radius 3 is 2.70 bits per heavy atom. The molecule has 3 aliphatic rings. The minimum atomic E-state index is -3.15. The Morgan fingerprint density at radius 1 is 1.17 bits per heavy atom. The standard InChI is InChI=1S/C15H22N4O3S/c20-23(21,13-2-3-13)19-8-9-22-12-15(11-19)4-7-18(10-15)14-16-5-1-6-17-14/h1,5-6,13H,2-4,7-12H2/t15-/m0/s1. The smallest absolute Gasteiger partial charge is 0.225 e. The SMILES string of the molecule is O=S(=O)(C1CC1)N1CCOC[C@]2(CCN(c3ncccn3)C2)C1. The van der Waals surface area contributed by atoms with E-state index in [4.69, 9.17) is 4.74 Å². The number of anilines is 1. The van der Waals surface area contributed by atoms with Crippen molar-refractivity contribution in [2.75, 3.05) is 44.3 Å². The summed E-state index contributed by atoms with van der Waals surface area (Å²) in [5.74, 6) is 0.713. The fourth-order valence-electron chi connectivity index (χ4n) is 3.55. The fraction of sp³-hybridized carbons (Fsp3) is 0.733. The summed E-state index contributed by atoms with van der Waals surface area (Å²) in [6, 6.07) is 1.80. The summed E-state index contributed by atoms with van der Waals surface area (Å²) >= 11 is 0. The molecule has 2 aliphatic heterocycles. The third-order valence-electron chi connectivity index (χ3n) is 4.98. The lowest BCUT2D eigenvalue weighted by molar-refractivity contribution is 0.0807. The normalized spacial score (nSPS) is 29.8. The van der Waals surface area contributed by atoms with Crippen LogP contribution in [0.4, 0.5) is 5.95 Å². The van der Waals surface area contributed by atoms with E-state index in [-0.39, 0.29) is 10.7 Å². The monoisotopic (exact) mass is 338 g/mol. The molecule has 1 spiro atoms. The summed E-state index contributed by atoms with van der Waals surface area (Å²) in [6.07, 6.45) is 5.98. The molecular formula is C15H22N4O3S. The number of nitrogens with zero attached hydrogens (tertiary/aromatic N) is 4. The summed E-state index contributed by atoms with van der Waals surface area (Å²) in [4.78, 5) is 10.8. The van der Waals surface area contributed by atoms with E-state index in [0.717, 1.165) is 32.4 Å². The average Bonchev–Trinajstić information content (AvgIpc) is 3.35. The Hall–Kier alpha value is -1.25. The highest BCUT2D eigenvalue weighted by Crippen LogP contribution is 2.38. The number of aromatic nitrogens is 2. The van der Waals surface area contributed by atoms with Crippen molar-refractivity contribution in [3.8, 4) is 0 Å². The van der Waals surface area contributed by atoms with E-state index in [1.807, 2.05) is 0 Å². The lowest BCUT2D eigenvalue weighted by atomic mass is 9.88. The first-order valence-corrected chi connectivity index (χ1v) is 9.68. The first-order valence-electron chi connectivity index (χ1n) is 8.18. The van der Waals surface area contributed by atoms with Gasteiger partial charge < -0.3 is 9.64 Å². The second-order valence-corrected chi connectivity index (χ2v) is 9.06. The molecule has 0 unspecified atom stereocenters. The second kappa shape index (κ2) is 5.68. The highest BCUT2D eigenvalue weighted by atomic mass is 32.2. The topological polar surface area (TPSA) is 75.6 Å². The van der Waals surface area contributed by atoms with Gasteiger partial charge in [0.2, 0.25) is 16.0 Å². The quantitative estimate of drug-likeness (QED) is 0.799. The van der Waals surface area contributed by atoms with E-state index in [2.05, 4.69) is 14.9 Å². The van der Waals surface area contributed by atoms with Crippen molar-refractivity contribution in [3.63, 3.8) is 0 Å². The van der Waals surface area contributed by atoms with Gasteiger partial charge in [-0.15, -0.1) is 0 Å². The molecule has 3 heterocycles. The molecule has 0 aromatic carbocycles. The van der Waals surface area contributed by atoms with Gasteiger partial charge in [0.25, 0.3) is 0 Å². The van der Waals surface area contributed by atoms with E-state index in [9.17, 15) is 8.42 Å². The first kappa shape index (κ1) is 15.3. The molecule has 1 aromatic rings. The molecule has 126 valence electrons. The molecule has 0 radical (unpaired) electrons. The molecule has 1 aromatic heterocycles. The molecule has 4 rings (SSSR count). The molecule has 1 aliphatic carbocycles. The Bertz CT molecular complexity index is 665. The van der Waals surface area contributed by atoms with Crippen molar-refractivity contribution in [2.45, 2.75) is 24.5 Å². The van der Waals surface area contributed by atoms with Crippen LogP contribution in [0.2, 0.25) is 0 Å². The molecule has 0 amide bonds. The van der Waals surface area contributed by atoms with Gasteiger partial charge in [0, 0.05) is 44.0 Å². The van der Waals surface area contributed by atoms with E-state index < -0.39 is 10.0 Å². The lowest BCUT2D eigenvalue weighted by Crippen LogP contribution is -2.44. The third kappa shape index (κ3) is 2.95. The van der Waals surface area contributed by atoms with Crippen LogP contribution in [0.3, 0.4) is 0 Å². The predicted octanol–water partition coefficient (Wildman–Crippen LogP) is 0.497. The maximum absolute atomic E-state index is 12.6. The van der Waals surface area contributed by atoms with Crippen LogP contribution in [0, 0.1) is 5.41 Å². The van der Waals surface area contributed by atoms with E-state index >= 15 is 0 Å². The number of hydrogen-bond acceptors (Lipinski definition) is 6. The Kier molecular flexibility index (Phi) is 3.78. The molecule has 2 saturated heterocycles. The Morgan fingerprint density at radius 2 is 1.96 bits per heavy atom. The first-order chi connectivity index (χ1) is 11.1. The fourth-order valence-corrected chi connectivity index (χ4v) is 5.49. The average molecular weight is 338 g/mol. The molecular weight excluding hydrogens is 316 g/mol. The largest absolute Gasteiger partial charge is 0.379 e. The minimum Gasteiger partial charge on any atom is -0.379 e. The molecule has 1 atom stereocenters. The molecule has 0 N–H and O–H groups in total. The zero-order chi connectivity index (χ0) is 15.9. The van der Waals surface area contributed by atoms with Gasteiger partial charge in [0.15, 0.2) is 0 Å². The van der Waals surface area contributed by atoms with E-state index in [0.29, 0.717) is 32.3 Å². The van der Waals surface area contributed by atoms with Gasteiger partial charge in [-0.3, -0.25) is 0 Å². The van der Waals surface area contributed by atoms with Crippen LogP contribution in [0.15, 0.2) is 18.5 Å². The number of sulfonamides is 1. The van der Waals surface area contributed by atoms with Crippen molar-refractivity contribution in [1.82, 2.24) is 14.3 Å². The highest BCUT2D eigenvalue weighted by molar-refractivity contribution is 7.90. The highest BCUT2D eigenvalue weighted by Gasteiger charge is 2.47. The second-order valence-electron chi connectivity index (χ2n) is 6.85. The Labute approximate surface area is 136 Å². The van der Waals surface area contributed by atoms with Gasteiger partial charge >= 0.3 is 0 Å². The molecule has 3 fully saturated rings. The van der Waals surface area contributed by atoms with Crippen molar-refractivity contribution in [2.24, 2.45) is 5.41 Å². The minimum absolute atomic E-state index is 0.155. The van der Waals surface area contributed by atoms with E-state index in [1.165, 1.54) is 0 Å². The molecule has 1 saturated carbocycles. The summed E-state index contributed by atoms with van der Waals surface area (Å²) in [6.45, 7) is 3.69. The Balaban J connectivity index is 1.53. The maximum Gasteiger partial charge on any atom is 0.225 e. The zero-order valence-electron chi connectivity index (χ0n) is 13.1. The van der Waals surface area contributed by atoms with E-state index in [1.54, 1.807) is 22.8 Å². The van der Waals surface area contributed by atoms with Crippen LogP contribution in [-0.2, 0) is 14.8 Å². The number of rotatable bonds is 3. The molecule has 23 heavy (non-hydrogen) atoms. The van der Waals surface area contributed by atoms with Gasteiger partial charge in [0.05, 0.1) is 18.5 Å². The molecule has 8 heteroatoms. The summed E-state index contributed by atoms with van der Waals surface area (Å²) in [5.41, 5.74) is -0.155. The van der Waals surface area contributed by atoms with Crippen molar-refractivity contribution < 1.29 is 13.2 Å². The van der Waals surface area contributed by atoms with Gasteiger partial charge in [-0.1, -0.05) is 0 Å². The van der Waals surface area contributed by atoms with Crippen LogP contribution in [-0.4, -0.2) is 67.3 Å². The van der Waals surface area contributed by atoms with Gasteiger partial charge in [0.1, 0.15) is 0 Å². The molecule has 7 nitrogen and oxygen atoms in total. The van der Waals surface area contributed by atoms with Gasteiger partial charge in [-0.05, 0) is 25.3 Å².